The molecule has 0 radical (unpaired) electrons. The minimum absolute atomic E-state index is 0.0962. The Labute approximate surface area is 407 Å². The number of rotatable bonds is 48. The number of hydrogen-bond acceptors (Lipinski definition) is 6. The van der Waals surface area contributed by atoms with Crippen molar-refractivity contribution >= 4 is 17.9 Å². The van der Waals surface area contributed by atoms with E-state index in [0.717, 1.165) is 122 Å². The summed E-state index contributed by atoms with van der Waals surface area (Å²) in [7, 11) is 0. The van der Waals surface area contributed by atoms with Crippen LogP contribution in [0.3, 0.4) is 0 Å². The average molecular weight is 917 g/mol. The van der Waals surface area contributed by atoms with Crippen molar-refractivity contribution in [3.8, 4) is 0 Å². The van der Waals surface area contributed by atoms with Gasteiger partial charge in [0.1, 0.15) is 13.2 Å². The largest absolute Gasteiger partial charge is 0.462 e. The molecule has 1 unspecified atom stereocenters. The number of allylic oxidation sites excluding steroid dienone is 16. The Kier molecular flexibility index (Phi) is 50.9. The van der Waals surface area contributed by atoms with Crippen molar-refractivity contribution in [3.05, 3.63) is 97.2 Å². The SMILES string of the molecule is CC/C=C\C/C=C\C/C=C\C/C=C\C/C=C\C/C=C\CCCCC(=O)OCC(COC(=O)CCCCCCCCCCCCCCC)OC(=O)CCCCCCC/C=C\C/C=C\CCCC. The quantitative estimate of drug-likeness (QED) is 0.0262. The maximum Gasteiger partial charge on any atom is 0.306 e. The third-order valence-electron chi connectivity index (χ3n) is 11.3. The first kappa shape index (κ1) is 62.3. The molecule has 0 spiro atoms. The van der Waals surface area contributed by atoms with Crippen LogP contribution in [0.4, 0.5) is 0 Å². The van der Waals surface area contributed by atoms with Crippen LogP contribution in [-0.2, 0) is 28.6 Å². The second kappa shape index (κ2) is 53.9. The van der Waals surface area contributed by atoms with Gasteiger partial charge in [-0.05, 0) is 96.3 Å². The number of hydrogen-bond donors (Lipinski definition) is 0. The van der Waals surface area contributed by atoms with Gasteiger partial charge >= 0.3 is 17.9 Å². The van der Waals surface area contributed by atoms with Crippen molar-refractivity contribution < 1.29 is 28.6 Å². The minimum atomic E-state index is -0.802. The summed E-state index contributed by atoms with van der Waals surface area (Å²) in [6.45, 7) is 6.43. The first-order valence-corrected chi connectivity index (χ1v) is 27.2. The molecule has 0 rings (SSSR count). The molecular weight excluding hydrogens is 817 g/mol. The zero-order chi connectivity index (χ0) is 47.9. The zero-order valence-electron chi connectivity index (χ0n) is 42.9. The van der Waals surface area contributed by atoms with E-state index in [9.17, 15) is 14.4 Å². The molecule has 0 aliphatic heterocycles. The zero-order valence-corrected chi connectivity index (χ0v) is 42.9. The highest BCUT2D eigenvalue weighted by atomic mass is 16.6. The second-order valence-electron chi connectivity index (χ2n) is 17.8. The van der Waals surface area contributed by atoms with E-state index >= 15 is 0 Å². The predicted octanol–water partition coefficient (Wildman–Crippen LogP) is 18.1. The summed E-state index contributed by atoms with van der Waals surface area (Å²) in [6.07, 6.45) is 71.0. The van der Waals surface area contributed by atoms with Crippen LogP contribution >= 0.6 is 0 Å². The fourth-order valence-corrected chi connectivity index (χ4v) is 7.23. The Morgan fingerprint density at radius 2 is 0.606 bits per heavy atom. The van der Waals surface area contributed by atoms with Gasteiger partial charge in [-0.15, -0.1) is 0 Å². The molecule has 0 bridgehead atoms. The summed E-state index contributed by atoms with van der Waals surface area (Å²) in [6, 6.07) is 0. The molecule has 6 heteroatoms. The second-order valence-corrected chi connectivity index (χ2v) is 17.8. The molecule has 1 atom stereocenters. The Balaban J connectivity index is 4.47. The smallest absolute Gasteiger partial charge is 0.306 e. The summed E-state index contributed by atoms with van der Waals surface area (Å²) in [5, 5.41) is 0. The molecule has 0 aromatic heterocycles. The molecule has 0 aromatic carbocycles. The van der Waals surface area contributed by atoms with Crippen LogP contribution < -0.4 is 0 Å². The van der Waals surface area contributed by atoms with Crippen LogP contribution in [-0.4, -0.2) is 37.2 Å². The standard InChI is InChI=1S/C60H100O6/c1-4-7-10-13-16-19-22-25-27-28-29-30-31-32-33-36-38-41-44-47-50-53-59(62)65-56-57(55-64-58(61)52-49-46-43-40-37-34-24-21-18-15-12-9-6-3)66-60(63)54-51-48-45-42-39-35-26-23-20-17-14-11-8-5-2/h7,10,14,16-17,19,23,25-27,29-30,32-33,38,41,57H,4-6,8-9,11-13,15,18,20-22,24,28,31,34-37,39-40,42-56H2,1-3H3/b10-7-,17-14-,19-16-,26-23-,27-25-,30-29-,33-32-,41-38-. The highest BCUT2D eigenvalue weighted by Gasteiger charge is 2.19. The van der Waals surface area contributed by atoms with Gasteiger partial charge in [0.2, 0.25) is 0 Å². The molecule has 0 N–H and O–H groups in total. The van der Waals surface area contributed by atoms with Gasteiger partial charge in [-0.1, -0.05) is 227 Å². The Bertz CT molecular complexity index is 1330. The van der Waals surface area contributed by atoms with Gasteiger partial charge in [0, 0.05) is 19.3 Å². The molecule has 0 saturated carbocycles. The molecule has 376 valence electrons. The summed E-state index contributed by atoms with van der Waals surface area (Å²) >= 11 is 0. The van der Waals surface area contributed by atoms with Crippen LogP contribution in [0.5, 0.6) is 0 Å². The van der Waals surface area contributed by atoms with E-state index in [-0.39, 0.29) is 31.1 Å². The topological polar surface area (TPSA) is 78.9 Å². The van der Waals surface area contributed by atoms with Gasteiger partial charge in [0.05, 0.1) is 0 Å². The van der Waals surface area contributed by atoms with E-state index in [4.69, 9.17) is 14.2 Å². The summed E-state index contributed by atoms with van der Waals surface area (Å²) in [5.74, 6) is -0.955. The monoisotopic (exact) mass is 917 g/mol. The Morgan fingerprint density at radius 1 is 0.318 bits per heavy atom. The highest BCUT2D eigenvalue weighted by molar-refractivity contribution is 5.71. The van der Waals surface area contributed by atoms with Crippen LogP contribution in [0.1, 0.15) is 245 Å². The Hall–Kier alpha value is -3.67. The van der Waals surface area contributed by atoms with Gasteiger partial charge in [-0.2, -0.15) is 0 Å². The van der Waals surface area contributed by atoms with Crippen molar-refractivity contribution in [3.63, 3.8) is 0 Å². The van der Waals surface area contributed by atoms with Gasteiger partial charge in [-0.3, -0.25) is 14.4 Å². The number of carbonyl (C=O) groups excluding carboxylic acids is 3. The summed E-state index contributed by atoms with van der Waals surface area (Å²) < 4.78 is 16.8. The molecule has 0 aliphatic rings. The van der Waals surface area contributed by atoms with E-state index in [1.54, 1.807) is 0 Å². The molecule has 0 aliphatic carbocycles. The molecule has 0 amide bonds. The third kappa shape index (κ3) is 51.3. The lowest BCUT2D eigenvalue weighted by Crippen LogP contribution is -2.30. The lowest BCUT2D eigenvalue weighted by atomic mass is 10.0. The Morgan fingerprint density at radius 3 is 1.00 bits per heavy atom. The van der Waals surface area contributed by atoms with E-state index in [2.05, 4.69) is 118 Å². The van der Waals surface area contributed by atoms with E-state index in [0.29, 0.717) is 19.3 Å². The van der Waals surface area contributed by atoms with Gasteiger partial charge in [0.15, 0.2) is 6.10 Å². The normalized spacial score (nSPS) is 12.8. The van der Waals surface area contributed by atoms with Crippen LogP contribution in [0, 0.1) is 0 Å². The van der Waals surface area contributed by atoms with Gasteiger partial charge in [0.25, 0.3) is 0 Å². The summed E-state index contributed by atoms with van der Waals surface area (Å²) in [4.78, 5) is 38.0. The maximum absolute atomic E-state index is 12.8. The molecule has 0 fully saturated rings. The number of ether oxygens (including phenoxy) is 3. The predicted molar refractivity (Wildman–Crippen MR) is 284 cm³/mol. The number of esters is 3. The van der Waals surface area contributed by atoms with Crippen LogP contribution in [0.25, 0.3) is 0 Å². The fraction of sp³-hybridized carbons (Fsp3) is 0.683. The van der Waals surface area contributed by atoms with Gasteiger partial charge < -0.3 is 14.2 Å². The van der Waals surface area contributed by atoms with Crippen molar-refractivity contribution in [2.75, 3.05) is 13.2 Å². The summed E-state index contributed by atoms with van der Waals surface area (Å²) in [5.41, 5.74) is 0. The molecule has 0 aromatic rings. The molecule has 0 heterocycles. The van der Waals surface area contributed by atoms with Crippen molar-refractivity contribution in [2.45, 2.75) is 252 Å². The lowest BCUT2D eigenvalue weighted by Gasteiger charge is -2.18. The first-order chi connectivity index (χ1) is 32.5. The van der Waals surface area contributed by atoms with E-state index in [1.165, 1.54) is 83.5 Å². The van der Waals surface area contributed by atoms with Crippen LogP contribution in [0.2, 0.25) is 0 Å². The number of unbranched alkanes of at least 4 members (excludes halogenated alkanes) is 21. The average Bonchev–Trinajstić information content (AvgIpc) is 3.31. The van der Waals surface area contributed by atoms with Gasteiger partial charge in [-0.25, -0.2) is 0 Å². The molecule has 0 saturated heterocycles. The molecule has 6 nitrogen and oxygen atoms in total. The van der Waals surface area contributed by atoms with E-state index < -0.39 is 6.10 Å². The minimum Gasteiger partial charge on any atom is -0.462 e. The molecule has 66 heavy (non-hydrogen) atoms. The van der Waals surface area contributed by atoms with Crippen LogP contribution in [0.15, 0.2) is 97.2 Å². The third-order valence-corrected chi connectivity index (χ3v) is 11.3. The van der Waals surface area contributed by atoms with Crippen molar-refractivity contribution in [1.29, 1.82) is 0 Å². The number of carbonyl (C=O) groups is 3. The lowest BCUT2D eigenvalue weighted by molar-refractivity contribution is -0.167. The van der Waals surface area contributed by atoms with Crippen molar-refractivity contribution in [2.24, 2.45) is 0 Å². The molecular formula is C60H100O6. The van der Waals surface area contributed by atoms with Crippen molar-refractivity contribution in [1.82, 2.24) is 0 Å². The highest BCUT2D eigenvalue weighted by Crippen LogP contribution is 2.14. The fourth-order valence-electron chi connectivity index (χ4n) is 7.23. The van der Waals surface area contributed by atoms with E-state index in [1.807, 2.05) is 0 Å². The maximum atomic E-state index is 12.8. The first-order valence-electron chi connectivity index (χ1n) is 27.2.